The second-order valence-electron chi connectivity index (χ2n) is 12.3. The first kappa shape index (κ1) is 25.2. The summed E-state index contributed by atoms with van der Waals surface area (Å²) in [4.78, 5) is 5.60. The average molecular weight is 504 g/mol. The summed E-state index contributed by atoms with van der Waals surface area (Å²) in [6, 6.07) is 14.8. The van der Waals surface area contributed by atoms with Crippen molar-refractivity contribution in [3.05, 3.63) is 58.7 Å². The van der Waals surface area contributed by atoms with Gasteiger partial charge in [-0.25, -0.2) is 0 Å². The van der Waals surface area contributed by atoms with Gasteiger partial charge in [-0.15, -0.1) is 0 Å². The summed E-state index contributed by atoms with van der Waals surface area (Å²) in [5.41, 5.74) is 6.45. The molecule has 1 aliphatic carbocycles. The standard InChI is InChI=1S/C32H45N3O2/c1-23(2)26-7-4-5-8-28(26)29-22-34(16-17-35(29)25-19-32(20-25)12-14-33-15-13-32)21-24-10-11-30(36-3)31-27(24)9-6-18-37-31/h4-5,7-8,10-11,23,25,29,33H,6,9,12-22H2,1-3H3. The van der Waals surface area contributed by atoms with E-state index in [0.29, 0.717) is 17.4 Å². The zero-order valence-corrected chi connectivity index (χ0v) is 23.1. The molecule has 2 saturated heterocycles. The van der Waals surface area contributed by atoms with Gasteiger partial charge in [-0.1, -0.05) is 44.2 Å². The number of methoxy groups -OCH3 is 1. The number of piperazine rings is 1. The van der Waals surface area contributed by atoms with E-state index < -0.39 is 0 Å². The Balaban J connectivity index is 1.25. The van der Waals surface area contributed by atoms with Gasteiger partial charge in [0.1, 0.15) is 0 Å². The fourth-order valence-corrected chi connectivity index (χ4v) is 7.64. The van der Waals surface area contributed by atoms with Gasteiger partial charge in [-0.3, -0.25) is 9.80 Å². The maximum Gasteiger partial charge on any atom is 0.164 e. The zero-order chi connectivity index (χ0) is 25.4. The van der Waals surface area contributed by atoms with Gasteiger partial charge in [0.2, 0.25) is 0 Å². The molecule has 37 heavy (non-hydrogen) atoms. The van der Waals surface area contributed by atoms with Crippen LogP contribution in [0.3, 0.4) is 0 Å². The highest BCUT2D eigenvalue weighted by atomic mass is 16.5. The van der Waals surface area contributed by atoms with E-state index in [1.165, 1.54) is 55.5 Å². The Morgan fingerprint density at radius 2 is 1.89 bits per heavy atom. The monoisotopic (exact) mass is 503 g/mol. The molecule has 1 N–H and O–H groups in total. The minimum atomic E-state index is 0.460. The summed E-state index contributed by atoms with van der Waals surface area (Å²) >= 11 is 0. The molecule has 0 amide bonds. The van der Waals surface area contributed by atoms with Gasteiger partial charge in [0, 0.05) is 43.8 Å². The summed E-state index contributed by atoms with van der Waals surface area (Å²) in [6.07, 6.45) is 7.67. The SMILES string of the molecule is COc1ccc(CN2CCN(C3CC4(CCNCC4)C3)C(c3ccccc3C(C)C)C2)c2c1OCCC2. The molecule has 1 atom stereocenters. The first-order valence-electron chi connectivity index (χ1n) is 14.7. The van der Waals surface area contributed by atoms with Crippen LogP contribution in [0.2, 0.25) is 0 Å². The van der Waals surface area contributed by atoms with Crippen molar-refractivity contribution in [1.82, 2.24) is 15.1 Å². The van der Waals surface area contributed by atoms with Crippen molar-refractivity contribution in [2.45, 2.75) is 76.9 Å². The van der Waals surface area contributed by atoms with Crippen LogP contribution in [0.5, 0.6) is 11.5 Å². The number of piperidine rings is 1. The number of hydrogen-bond donors (Lipinski definition) is 1. The highest BCUT2D eigenvalue weighted by Gasteiger charge is 2.49. The predicted octanol–water partition coefficient (Wildman–Crippen LogP) is 5.53. The zero-order valence-electron chi connectivity index (χ0n) is 23.1. The van der Waals surface area contributed by atoms with Gasteiger partial charge >= 0.3 is 0 Å². The highest BCUT2D eigenvalue weighted by molar-refractivity contribution is 5.51. The highest BCUT2D eigenvalue weighted by Crippen LogP contribution is 2.52. The number of nitrogens with zero attached hydrogens (tertiary/aromatic N) is 2. The second-order valence-corrected chi connectivity index (χ2v) is 12.3. The van der Waals surface area contributed by atoms with E-state index >= 15 is 0 Å². The lowest BCUT2D eigenvalue weighted by atomic mass is 9.60. The summed E-state index contributed by atoms with van der Waals surface area (Å²) in [5, 5.41) is 3.58. The van der Waals surface area contributed by atoms with Crippen LogP contribution in [0, 0.1) is 5.41 Å². The molecule has 200 valence electrons. The summed E-state index contributed by atoms with van der Waals surface area (Å²) < 4.78 is 11.7. The van der Waals surface area contributed by atoms with Gasteiger partial charge in [0.25, 0.3) is 0 Å². The summed E-state index contributed by atoms with van der Waals surface area (Å²) in [7, 11) is 1.75. The van der Waals surface area contributed by atoms with Gasteiger partial charge in [0.05, 0.1) is 13.7 Å². The third-order valence-corrected chi connectivity index (χ3v) is 9.71. The fraction of sp³-hybridized carbons (Fsp3) is 0.625. The summed E-state index contributed by atoms with van der Waals surface area (Å²) in [5.74, 6) is 2.40. The minimum Gasteiger partial charge on any atom is -0.493 e. The Hall–Kier alpha value is -2.08. The minimum absolute atomic E-state index is 0.460. The molecule has 0 bridgehead atoms. The Kier molecular flexibility index (Phi) is 7.22. The maximum absolute atomic E-state index is 6.08. The molecule has 3 aliphatic heterocycles. The molecule has 3 heterocycles. The third kappa shape index (κ3) is 4.91. The predicted molar refractivity (Wildman–Crippen MR) is 150 cm³/mol. The topological polar surface area (TPSA) is 37.0 Å². The largest absolute Gasteiger partial charge is 0.493 e. The molecule has 5 nitrogen and oxygen atoms in total. The van der Waals surface area contributed by atoms with Crippen LogP contribution in [-0.4, -0.2) is 62.3 Å². The molecule has 0 aromatic heterocycles. The smallest absolute Gasteiger partial charge is 0.164 e. The Labute approximate surface area is 223 Å². The van der Waals surface area contributed by atoms with E-state index in [9.17, 15) is 0 Å². The van der Waals surface area contributed by atoms with Gasteiger partial charge in [0.15, 0.2) is 11.5 Å². The van der Waals surface area contributed by atoms with Gasteiger partial charge in [-0.05, 0) is 85.7 Å². The molecule has 3 fully saturated rings. The van der Waals surface area contributed by atoms with Crippen molar-refractivity contribution in [2.75, 3.05) is 46.4 Å². The average Bonchev–Trinajstić information content (AvgIpc) is 2.92. The van der Waals surface area contributed by atoms with Crippen LogP contribution in [0.15, 0.2) is 36.4 Å². The molecule has 2 aromatic carbocycles. The number of fused-ring (bicyclic) bond motifs is 1. The van der Waals surface area contributed by atoms with E-state index in [-0.39, 0.29) is 0 Å². The molecule has 1 unspecified atom stereocenters. The van der Waals surface area contributed by atoms with Crippen LogP contribution in [0.1, 0.15) is 80.2 Å². The lowest BCUT2D eigenvalue weighted by Crippen LogP contribution is -2.59. The fourth-order valence-electron chi connectivity index (χ4n) is 7.64. The Bertz CT molecular complexity index is 1090. The van der Waals surface area contributed by atoms with Crippen molar-refractivity contribution in [1.29, 1.82) is 0 Å². The molecule has 5 heteroatoms. The summed E-state index contributed by atoms with van der Waals surface area (Å²) in [6.45, 7) is 12.3. The van der Waals surface area contributed by atoms with E-state index in [1.54, 1.807) is 12.7 Å². The molecular weight excluding hydrogens is 458 g/mol. The number of ether oxygens (including phenoxy) is 2. The van der Waals surface area contributed by atoms with Crippen LogP contribution < -0.4 is 14.8 Å². The van der Waals surface area contributed by atoms with Crippen LogP contribution in [0.25, 0.3) is 0 Å². The van der Waals surface area contributed by atoms with Crippen LogP contribution in [-0.2, 0) is 13.0 Å². The number of benzene rings is 2. The van der Waals surface area contributed by atoms with Crippen molar-refractivity contribution in [3.63, 3.8) is 0 Å². The normalized spacial score (nSPS) is 24.5. The lowest BCUT2D eigenvalue weighted by molar-refractivity contribution is -0.0650. The van der Waals surface area contributed by atoms with Gasteiger partial charge < -0.3 is 14.8 Å². The van der Waals surface area contributed by atoms with E-state index in [4.69, 9.17) is 9.47 Å². The van der Waals surface area contributed by atoms with Crippen LogP contribution >= 0.6 is 0 Å². The van der Waals surface area contributed by atoms with Crippen molar-refractivity contribution in [2.24, 2.45) is 5.41 Å². The van der Waals surface area contributed by atoms with E-state index in [2.05, 4.69) is 65.4 Å². The molecule has 1 saturated carbocycles. The maximum atomic E-state index is 6.08. The molecule has 0 radical (unpaired) electrons. The van der Waals surface area contributed by atoms with E-state index in [0.717, 1.165) is 63.2 Å². The van der Waals surface area contributed by atoms with Gasteiger partial charge in [-0.2, -0.15) is 0 Å². The third-order valence-electron chi connectivity index (χ3n) is 9.71. The number of nitrogens with one attached hydrogen (secondary N) is 1. The second kappa shape index (κ2) is 10.6. The quantitative estimate of drug-likeness (QED) is 0.561. The van der Waals surface area contributed by atoms with Crippen molar-refractivity contribution in [3.8, 4) is 11.5 Å². The van der Waals surface area contributed by atoms with E-state index in [1.807, 2.05) is 0 Å². The van der Waals surface area contributed by atoms with Crippen molar-refractivity contribution < 1.29 is 9.47 Å². The van der Waals surface area contributed by atoms with Crippen molar-refractivity contribution >= 4 is 0 Å². The molecule has 4 aliphatic rings. The first-order chi connectivity index (χ1) is 18.1. The number of rotatable bonds is 6. The number of hydrogen-bond acceptors (Lipinski definition) is 5. The first-order valence-corrected chi connectivity index (χ1v) is 14.7. The molecular formula is C32H45N3O2. The van der Waals surface area contributed by atoms with Crippen LogP contribution in [0.4, 0.5) is 0 Å². The molecule has 2 aromatic rings. The lowest BCUT2D eigenvalue weighted by Gasteiger charge is -2.57. The molecule has 1 spiro atoms. The Morgan fingerprint density at radius 1 is 1.08 bits per heavy atom. The Morgan fingerprint density at radius 3 is 2.68 bits per heavy atom. The molecule has 6 rings (SSSR count).